The van der Waals surface area contributed by atoms with Gasteiger partial charge in [0, 0.05) is 10.2 Å². The molecule has 0 aliphatic carbocycles. The zero-order chi connectivity index (χ0) is 4.41. The third kappa shape index (κ3) is 1.10. The SMILES string of the molecule is [SiH3]CCC1CO1. The Morgan fingerprint density at radius 3 is 2.67 bits per heavy atom. The van der Waals surface area contributed by atoms with E-state index in [0.717, 1.165) is 6.61 Å². The minimum Gasteiger partial charge on any atom is -0.373 e. The molecule has 0 aromatic heterocycles. The third-order valence-electron chi connectivity index (χ3n) is 1.01. The molecule has 1 nitrogen and oxygen atoms in total. The second-order valence-electron chi connectivity index (χ2n) is 1.74. The molecule has 36 valence electrons. The van der Waals surface area contributed by atoms with Gasteiger partial charge >= 0.3 is 0 Å². The van der Waals surface area contributed by atoms with Crippen molar-refractivity contribution < 1.29 is 4.74 Å². The monoisotopic (exact) mass is 102 g/mol. The quantitative estimate of drug-likeness (QED) is 0.340. The van der Waals surface area contributed by atoms with E-state index in [1.165, 1.54) is 22.7 Å². The van der Waals surface area contributed by atoms with Gasteiger partial charge in [0.05, 0.1) is 12.7 Å². The fourth-order valence-corrected chi connectivity index (χ4v) is 1.20. The fourth-order valence-electron chi connectivity index (χ4n) is 0.557. The van der Waals surface area contributed by atoms with Crippen LogP contribution < -0.4 is 0 Å². The molecule has 0 aromatic rings. The highest BCUT2D eigenvalue weighted by Crippen LogP contribution is 2.13. The molecule has 0 aromatic carbocycles. The van der Waals surface area contributed by atoms with E-state index in [1.54, 1.807) is 0 Å². The van der Waals surface area contributed by atoms with Crippen molar-refractivity contribution in [1.82, 2.24) is 0 Å². The highest BCUT2D eigenvalue weighted by molar-refractivity contribution is 6.08. The standard InChI is InChI=1S/C4H10OSi/c6-2-1-4-3-5-4/h4H,1-3H2,6H3. The van der Waals surface area contributed by atoms with Crippen LogP contribution in [-0.2, 0) is 4.74 Å². The molecule has 0 radical (unpaired) electrons. The molecule has 0 saturated carbocycles. The first kappa shape index (κ1) is 4.34. The number of hydrogen-bond donors (Lipinski definition) is 0. The van der Waals surface area contributed by atoms with Crippen LogP contribution in [0.2, 0.25) is 6.04 Å². The molecule has 0 bridgehead atoms. The molecule has 0 N–H and O–H groups in total. The van der Waals surface area contributed by atoms with Crippen LogP contribution in [0.15, 0.2) is 0 Å². The highest BCUT2D eigenvalue weighted by Gasteiger charge is 2.19. The molecule has 1 atom stereocenters. The van der Waals surface area contributed by atoms with Gasteiger partial charge in [-0.15, -0.1) is 0 Å². The summed E-state index contributed by atoms with van der Waals surface area (Å²) in [6, 6.07) is 1.41. The highest BCUT2D eigenvalue weighted by atomic mass is 28.1. The van der Waals surface area contributed by atoms with E-state index in [-0.39, 0.29) is 0 Å². The van der Waals surface area contributed by atoms with Crippen molar-refractivity contribution in [1.29, 1.82) is 0 Å². The predicted octanol–water partition coefficient (Wildman–Crippen LogP) is -0.441. The summed E-state index contributed by atoms with van der Waals surface area (Å²) in [6.45, 7) is 1.04. The first-order valence-electron chi connectivity index (χ1n) is 2.55. The molecule has 1 aliphatic rings. The summed E-state index contributed by atoms with van der Waals surface area (Å²) >= 11 is 0. The number of ether oxygens (including phenoxy) is 1. The largest absolute Gasteiger partial charge is 0.373 e. The predicted molar refractivity (Wildman–Crippen MR) is 29.1 cm³/mol. The van der Waals surface area contributed by atoms with Gasteiger partial charge in [-0.05, 0) is 6.42 Å². The Hall–Kier alpha value is 0.177. The van der Waals surface area contributed by atoms with Crippen LogP contribution in [-0.4, -0.2) is 23.0 Å². The van der Waals surface area contributed by atoms with E-state index in [4.69, 9.17) is 4.74 Å². The Balaban J connectivity index is 1.88. The Kier molecular flexibility index (Phi) is 1.27. The summed E-state index contributed by atoms with van der Waals surface area (Å²) < 4.78 is 4.97. The van der Waals surface area contributed by atoms with Crippen molar-refractivity contribution in [3.63, 3.8) is 0 Å². The Morgan fingerprint density at radius 1 is 1.83 bits per heavy atom. The van der Waals surface area contributed by atoms with Gasteiger partial charge in [0.1, 0.15) is 0 Å². The van der Waals surface area contributed by atoms with Gasteiger partial charge in [-0.25, -0.2) is 0 Å². The van der Waals surface area contributed by atoms with Crippen molar-refractivity contribution in [2.75, 3.05) is 6.61 Å². The molecule has 0 spiro atoms. The van der Waals surface area contributed by atoms with Crippen LogP contribution in [0.4, 0.5) is 0 Å². The summed E-state index contributed by atoms with van der Waals surface area (Å²) in [5.74, 6) is 0. The Labute approximate surface area is 41.1 Å². The molecule has 1 aliphatic heterocycles. The van der Waals surface area contributed by atoms with Gasteiger partial charge in [-0.2, -0.15) is 0 Å². The van der Waals surface area contributed by atoms with Crippen LogP contribution in [0.1, 0.15) is 6.42 Å². The van der Waals surface area contributed by atoms with Crippen LogP contribution >= 0.6 is 0 Å². The Morgan fingerprint density at radius 2 is 2.50 bits per heavy atom. The summed E-state index contributed by atoms with van der Waals surface area (Å²) in [5, 5.41) is 0. The normalized spacial score (nSPS) is 31.0. The maximum atomic E-state index is 4.97. The molecule has 0 amide bonds. The molecular weight excluding hydrogens is 92.1 g/mol. The molecule has 1 unspecified atom stereocenters. The smallest absolute Gasteiger partial charge is 0.0807 e. The second-order valence-corrected chi connectivity index (χ2v) is 2.74. The van der Waals surface area contributed by atoms with Crippen LogP contribution in [0.5, 0.6) is 0 Å². The van der Waals surface area contributed by atoms with E-state index >= 15 is 0 Å². The van der Waals surface area contributed by atoms with E-state index in [1.807, 2.05) is 0 Å². The summed E-state index contributed by atoms with van der Waals surface area (Å²) in [4.78, 5) is 0. The lowest BCUT2D eigenvalue weighted by atomic mass is 10.4. The number of hydrogen-bond acceptors (Lipinski definition) is 1. The van der Waals surface area contributed by atoms with Crippen molar-refractivity contribution in [2.24, 2.45) is 0 Å². The van der Waals surface area contributed by atoms with Gasteiger partial charge in [-0.1, -0.05) is 6.04 Å². The average molecular weight is 102 g/mol. The first-order chi connectivity index (χ1) is 2.93. The molecule has 2 heteroatoms. The van der Waals surface area contributed by atoms with Gasteiger partial charge in [0.25, 0.3) is 0 Å². The maximum absolute atomic E-state index is 4.97. The Bertz CT molecular complexity index is 42.8. The van der Waals surface area contributed by atoms with Gasteiger partial charge < -0.3 is 4.74 Å². The van der Waals surface area contributed by atoms with Gasteiger partial charge in [0.2, 0.25) is 0 Å². The van der Waals surface area contributed by atoms with E-state index in [0.29, 0.717) is 6.10 Å². The van der Waals surface area contributed by atoms with Crippen LogP contribution in [0, 0.1) is 0 Å². The zero-order valence-electron chi connectivity index (χ0n) is 4.11. The number of epoxide rings is 1. The summed E-state index contributed by atoms with van der Waals surface area (Å²) in [7, 11) is 1.35. The van der Waals surface area contributed by atoms with Crippen molar-refractivity contribution in [3.05, 3.63) is 0 Å². The number of rotatable bonds is 2. The minimum atomic E-state index is 0.683. The van der Waals surface area contributed by atoms with E-state index in [2.05, 4.69) is 0 Å². The summed E-state index contributed by atoms with van der Waals surface area (Å²) in [5.41, 5.74) is 0. The lowest BCUT2D eigenvalue weighted by Crippen LogP contribution is -1.80. The topological polar surface area (TPSA) is 12.5 Å². The van der Waals surface area contributed by atoms with Crippen molar-refractivity contribution >= 4 is 10.2 Å². The summed E-state index contributed by atoms with van der Waals surface area (Å²) in [6.07, 6.45) is 2.01. The first-order valence-corrected chi connectivity index (χ1v) is 3.96. The maximum Gasteiger partial charge on any atom is 0.0807 e. The average Bonchev–Trinajstić information content (AvgIpc) is 2.21. The molecule has 1 heterocycles. The van der Waals surface area contributed by atoms with Crippen LogP contribution in [0.3, 0.4) is 0 Å². The minimum absolute atomic E-state index is 0.683. The second kappa shape index (κ2) is 1.75. The van der Waals surface area contributed by atoms with E-state index in [9.17, 15) is 0 Å². The van der Waals surface area contributed by atoms with Crippen LogP contribution in [0.25, 0.3) is 0 Å². The van der Waals surface area contributed by atoms with Gasteiger partial charge in [0.15, 0.2) is 0 Å². The lowest BCUT2D eigenvalue weighted by Gasteiger charge is -1.79. The molecule has 1 fully saturated rings. The van der Waals surface area contributed by atoms with Gasteiger partial charge in [-0.3, -0.25) is 0 Å². The van der Waals surface area contributed by atoms with Crippen molar-refractivity contribution in [3.8, 4) is 0 Å². The molecule has 1 saturated heterocycles. The third-order valence-corrected chi connectivity index (χ3v) is 1.59. The van der Waals surface area contributed by atoms with E-state index < -0.39 is 0 Å². The lowest BCUT2D eigenvalue weighted by molar-refractivity contribution is 0.403. The zero-order valence-corrected chi connectivity index (χ0v) is 6.11. The fraction of sp³-hybridized carbons (Fsp3) is 1.00. The molecular formula is C4H10OSi. The molecule has 6 heavy (non-hydrogen) atoms. The molecule has 1 rings (SSSR count). The van der Waals surface area contributed by atoms with Crippen molar-refractivity contribution in [2.45, 2.75) is 18.6 Å².